The van der Waals surface area contributed by atoms with Crippen molar-refractivity contribution in [2.75, 3.05) is 19.8 Å². The number of unbranched alkanes of at least 4 members (excludes halogenated alkanes) is 3. The van der Waals surface area contributed by atoms with Crippen molar-refractivity contribution in [2.24, 2.45) is 0 Å². The molecule has 0 radical (unpaired) electrons. The minimum Gasteiger partial charge on any atom is -0.493 e. The van der Waals surface area contributed by atoms with Gasteiger partial charge >= 0.3 is 16.9 Å². The molecule has 43 heavy (non-hydrogen) atoms. The van der Waals surface area contributed by atoms with Crippen molar-refractivity contribution in [1.29, 1.82) is 0 Å². The van der Waals surface area contributed by atoms with E-state index < -0.39 is 26.7 Å². The first-order valence-electron chi connectivity index (χ1n) is 13.8. The molecule has 3 aromatic rings. The number of ether oxygens (including phenoxy) is 3. The Morgan fingerprint density at radius 2 is 1.77 bits per heavy atom. The zero-order valence-electron chi connectivity index (χ0n) is 24.1. The fourth-order valence-electron chi connectivity index (χ4n) is 3.84. The summed E-state index contributed by atoms with van der Waals surface area (Å²) >= 11 is 0. The van der Waals surface area contributed by atoms with Crippen molar-refractivity contribution in [2.45, 2.75) is 62.3 Å². The molecule has 0 fully saturated rings. The Balaban J connectivity index is 1.39. The summed E-state index contributed by atoms with van der Waals surface area (Å²) in [5.41, 5.74) is 1.73. The molecule has 0 bridgehead atoms. The SMILES string of the molecule is CCC(=O)CCCCCCOc1ccc(/C=C/C(=O)OCC#CCOc2no[n+]([O-])c2S(=O)(=O)c2ccccc2)cc1C. The molecule has 2 aromatic carbocycles. The van der Waals surface area contributed by atoms with Gasteiger partial charge in [-0.1, -0.05) is 55.9 Å². The Bertz CT molecular complexity index is 1570. The van der Waals surface area contributed by atoms with Crippen LogP contribution in [0.4, 0.5) is 0 Å². The number of benzene rings is 2. The number of hydrogen-bond acceptors (Lipinski definition) is 10. The maximum atomic E-state index is 12.7. The molecule has 1 aromatic heterocycles. The maximum absolute atomic E-state index is 12.7. The van der Waals surface area contributed by atoms with Crippen LogP contribution < -0.4 is 14.4 Å². The minimum atomic E-state index is -4.23. The lowest BCUT2D eigenvalue weighted by atomic mass is 10.1. The van der Waals surface area contributed by atoms with E-state index in [-0.39, 0.29) is 23.0 Å². The summed E-state index contributed by atoms with van der Waals surface area (Å²) in [6.07, 6.45) is 8.02. The first kappa shape index (κ1) is 32.9. The zero-order valence-corrected chi connectivity index (χ0v) is 24.9. The quantitative estimate of drug-likeness (QED) is 0.0751. The lowest BCUT2D eigenvalue weighted by Gasteiger charge is -2.09. The van der Waals surface area contributed by atoms with E-state index in [4.69, 9.17) is 14.2 Å². The average Bonchev–Trinajstić information content (AvgIpc) is 3.39. The predicted octanol–water partition coefficient (Wildman–Crippen LogP) is 4.40. The van der Waals surface area contributed by atoms with Crippen LogP contribution in [0.2, 0.25) is 0 Å². The van der Waals surface area contributed by atoms with Gasteiger partial charge in [0.1, 0.15) is 11.5 Å². The summed E-state index contributed by atoms with van der Waals surface area (Å²) in [6, 6.07) is 12.9. The number of esters is 1. The summed E-state index contributed by atoms with van der Waals surface area (Å²) in [5.74, 6) is 5.07. The summed E-state index contributed by atoms with van der Waals surface area (Å²) < 4.78 is 46.0. The zero-order chi connectivity index (χ0) is 31.1. The molecule has 0 saturated heterocycles. The predicted molar refractivity (Wildman–Crippen MR) is 156 cm³/mol. The van der Waals surface area contributed by atoms with E-state index in [0.29, 0.717) is 25.2 Å². The van der Waals surface area contributed by atoms with E-state index in [2.05, 4.69) is 21.6 Å². The van der Waals surface area contributed by atoms with Gasteiger partial charge in [-0.2, -0.15) is 0 Å². The van der Waals surface area contributed by atoms with Crippen LogP contribution in [0, 0.1) is 24.0 Å². The Hall–Kier alpha value is -4.63. The molecule has 0 N–H and O–H groups in total. The van der Waals surface area contributed by atoms with E-state index in [1.165, 1.54) is 30.3 Å². The number of nitrogens with zero attached hydrogens (tertiary/aromatic N) is 2. The molecule has 0 unspecified atom stereocenters. The number of ketones is 1. The van der Waals surface area contributed by atoms with Crippen molar-refractivity contribution in [3.63, 3.8) is 0 Å². The van der Waals surface area contributed by atoms with Crippen molar-refractivity contribution in [1.82, 2.24) is 5.16 Å². The van der Waals surface area contributed by atoms with Gasteiger partial charge in [-0.25, -0.2) is 13.2 Å². The lowest BCUT2D eigenvalue weighted by molar-refractivity contribution is -0.832. The van der Waals surface area contributed by atoms with E-state index in [0.717, 1.165) is 42.6 Å². The highest BCUT2D eigenvalue weighted by atomic mass is 32.2. The molecular formula is C31H34N2O9S. The first-order chi connectivity index (χ1) is 20.7. The summed E-state index contributed by atoms with van der Waals surface area (Å²) in [4.78, 5) is 23.0. The standard InChI is InChI=1S/C31H34N2O9S/c1-3-26(34)13-7-4-5-10-20-39-28-18-16-25(23-24(28)2)17-19-29(35)40-21-11-12-22-41-30-31(33(36)42-32-30)43(37,38)27-14-8-6-9-15-27/h6,8-9,14-19,23H,3-5,7,10,13,20-22H2,1-2H3/b19-17+. The first-order valence-corrected chi connectivity index (χ1v) is 15.3. The molecule has 0 aliphatic heterocycles. The Morgan fingerprint density at radius 3 is 2.51 bits per heavy atom. The van der Waals surface area contributed by atoms with Gasteiger partial charge in [-0.05, 0) is 66.1 Å². The fourth-order valence-corrected chi connectivity index (χ4v) is 5.14. The maximum Gasteiger partial charge on any atom is 0.415 e. The topological polar surface area (TPSA) is 149 Å². The third-order valence-electron chi connectivity index (χ3n) is 6.16. The summed E-state index contributed by atoms with van der Waals surface area (Å²) in [6.45, 7) is 3.85. The summed E-state index contributed by atoms with van der Waals surface area (Å²) in [5, 5.41) is 14.4. The number of Topliss-reactive ketones (excluding diaryl/α,β-unsaturated/α-hetero) is 1. The second-order valence-corrected chi connectivity index (χ2v) is 11.2. The van der Waals surface area contributed by atoms with Crippen LogP contribution in [-0.2, 0) is 24.2 Å². The molecule has 11 nitrogen and oxygen atoms in total. The molecular weight excluding hydrogens is 576 g/mol. The molecule has 0 aliphatic rings. The van der Waals surface area contributed by atoms with Gasteiger partial charge in [-0.3, -0.25) is 9.42 Å². The Kier molecular flexibility index (Phi) is 12.8. The summed E-state index contributed by atoms with van der Waals surface area (Å²) in [7, 11) is -4.23. The van der Waals surface area contributed by atoms with Crippen LogP contribution in [-0.4, -0.2) is 45.1 Å². The average molecular weight is 611 g/mol. The number of aryl methyl sites for hydroxylation is 1. The Morgan fingerprint density at radius 1 is 1.02 bits per heavy atom. The highest BCUT2D eigenvalue weighted by Gasteiger charge is 2.35. The third kappa shape index (κ3) is 10.3. The van der Waals surface area contributed by atoms with Crippen molar-refractivity contribution in [3.8, 4) is 23.5 Å². The third-order valence-corrected chi connectivity index (χ3v) is 7.89. The van der Waals surface area contributed by atoms with Gasteiger partial charge in [0.25, 0.3) is 9.84 Å². The molecule has 0 saturated carbocycles. The number of carbonyl (C=O) groups excluding carboxylic acids is 2. The molecule has 0 aliphatic carbocycles. The van der Waals surface area contributed by atoms with E-state index in [1.807, 2.05) is 32.0 Å². The van der Waals surface area contributed by atoms with Crippen molar-refractivity contribution < 1.29 is 41.7 Å². The fraction of sp³-hybridized carbons (Fsp3) is 0.355. The highest BCUT2D eigenvalue weighted by molar-refractivity contribution is 7.91. The van der Waals surface area contributed by atoms with Gasteiger partial charge in [0.05, 0.1) is 16.7 Å². The molecule has 1 heterocycles. The largest absolute Gasteiger partial charge is 0.493 e. The van der Waals surface area contributed by atoms with Crippen LogP contribution in [0.25, 0.3) is 6.08 Å². The molecule has 12 heteroatoms. The number of sulfone groups is 1. The highest BCUT2D eigenvalue weighted by Crippen LogP contribution is 2.25. The van der Waals surface area contributed by atoms with Crippen LogP contribution >= 0.6 is 0 Å². The second-order valence-electron chi connectivity index (χ2n) is 9.37. The molecule has 3 rings (SSSR count). The number of hydrogen-bond donors (Lipinski definition) is 0. The second kappa shape index (κ2) is 16.7. The van der Waals surface area contributed by atoms with Crippen LogP contribution in [0.5, 0.6) is 11.6 Å². The smallest absolute Gasteiger partial charge is 0.415 e. The monoisotopic (exact) mass is 610 g/mol. The number of aromatic nitrogens is 2. The van der Waals surface area contributed by atoms with Crippen LogP contribution in [0.1, 0.15) is 56.6 Å². The van der Waals surface area contributed by atoms with Gasteiger partial charge in [0.2, 0.25) is 0 Å². The normalized spacial score (nSPS) is 11.1. The minimum absolute atomic E-state index is 0.127. The Labute approximate surface area is 250 Å². The van der Waals surface area contributed by atoms with E-state index in [9.17, 15) is 23.2 Å². The molecule has 0 atom stereocenters. The molecule has 0 amide bonds. The van der Waals surface area contributed by atoms with E-state index in [1.54, 1.807) is 12.1 Å². The van der Waals surface area contributed by atoms with Gasteiger partial charge < -0.3 is 19.4 Å². The number of carbonyl (C=O) groups is 2. The van der Waals surface area contributed by atoms with Crippen LogP contribution in [0.15, 0.2) is 69.2 Å². The number of rotatable bonds is 16. The van der Waals surface area contributed by atoms with Gasteiger partial charge in [-0.15, -0.1) is 0 Å². The van der Waals surface area contributed by atoms with Crippen molar-refractivity contribution in [3.05, 3.63) is 70.9 Å². The van der Waals surface area contributed by atoms with Gasteiger partial charge in [0.15, 0.2) is 13.2 Å². The molecule has 228 valence electrons. The lowest BCUT2D eigenvalue weighted by Crippen LogP contribution is -2.30. The molecule has 0 spiro atoms. The van der Waals surface area contributed by atoms with Crippen molar-refractivity contribution >= 4 is 27.7 Å². The van der Waals surface area contributed by atoms with Gasteiger partial charge in [0, 0.05) is 18.9 Å². The van der Waals surface area contributed by atoms with Crippen LogP contribution in [0.3, 0.4) is 0 Å². The van der Waals surface area contributed by atoms with E-state index >= 15 is 0 Å².